The van der Waals surface area contributed by atoms with E-state index in [9.17, 15) is 4.39 Å². The second kappa shape index (κ2) is 12.5. The molecule has 218 valence electrons. The third-order valence-corrected chi connectivity index (χ3v) is 10.4. The molecule has 0 saturated heterocycles. The van der Waals surface area contributed by atoms with Crippen LogP contribution in [0.2, 0.25) is 5.02 Å². The van der Waals surface area contributed by atoms with Gasteiger partial charge in [-0.15, -0.1) is 0 Å². The van der Waals surface area contributed by atoms with Gasteiger partial charge in [0.05, 0.1) is 25.5 Å². The van der Waals surface area contributed by atoms with Crippen LogP contribution in [0.4, 0.5) is 16.2 Å². The fraction of sp³-hybridized carbons (Fsp3) is 0.677. The Morgan fingerprint density at radius 3 is 2.58 bits per heavy atom. The van der Waals surface area contributed by atoms with Crippen LogP contribution >= 0.6 is 11.6 Å². The van der Waals surface area contributed by atoms with E-state index in [0.29, 0.717) is 48.1 Å². The van der Waals surface area contributed by atoms with Gasteiger partial charge < -0.3 is 25.8 Å². The topological polar surface area (TPSA) is 91.3 Å². The molecule has 5 aliphatic rings. The molecular weight excluding hydrogens is 529 g/mol. The molecule has 0 radical (unpaired) electrons. The molecule has 0 aliphatic heterocycles. The normalized spacial score (nSPS) is 32.8. The Kier molecular flexibility index (Phi) is 8.77. The molecule has 0 spiro atoms. The van der Waals surface area contributed by atoms with Gasteiger partial charge in [0.1, 0.15) is 0 Å². The summed E-state index contributed by atoms with van der Waals surface area (Å²) in [4.78, 5) is 8.61. The Labute approximate surface area is 242 Å². The molecule has 7 nitrogen and oxygen atoms in total. The molecule has 9 heteroatoms. The first-order chi connectivity index (χ1) is 19.5. The molecule has 5 aliphatic carbocycles. The molecule has 40 heavy (non-hydrogen) atoms. The van der Waals surface area contributed by atoms with Gasteiger partial charge in [0.15, 0.2) is 11.6 Å². The molecular formula is C31H43ClFN5O2. The van der Waals surface area contributed by atoms with E-state index in [1.54, 1.807) is 0 Å². The monoisotopic (exact) mass is 571 g/mol. The molecule has 2 aromatic rings. The molecule has 5 atom stereocenters. The number of benzene rings is 1. The summed E-state index contributed by atoms with van der Waals surface area (Å²) in [5.74, 6) is 3.20. The number of anilines is 2. The summed E-state index contributed by atoms with van der Waals surface area (Å²) in [6.45, 7) is 2.92. The summed E-state index contributed by atoms with van der Waals surface area (Å²) in [6, 6.07) is 8.26. The molecule has 5 fully saturated rings. The molecule has 1 unspecified atom stereocenters. The molecule has 7 rings (SSSR count). The average molecular weight is 572 g/mol. The largest absolute Gasteiger partial charge is 0.394 e. The molecule has 4 bridgehead atoms. The lowest BCUT2D eigenvalue weighted by molar-refractivity contribution is -0.0708. The van der Waals surface area contributed by atoms with Gasteiger partial charge in [0.25, 0.3) is 0 Å². The third-order valence-electron chi connectivity index (χ3n) is 10.1. The minimum atomic E-state index is -0.413. The number of aliphatic hydroxyl groups is 1. The lowest BCUT2D eigenvalue weighted by Gasteiger charge is -2.60. The van der Waals surface area contributed by atoms with E-state index in [2.05, 4.69) is 25.9 Å². The zero-order valence-electron chi connectivity index (χ0n) is 23.3. The maximum atomic E-state index is 14.7. The number of rotatable bonds is 12. The summed E-state index contributed by atoms with van der Waals surface area (Å²) < 4.78 is 20.5. The Bertz CT molecular complexity index is 1130. The van der Waals surface area contributed by atoms with Crippen LogP contribution in [-0.4, -0.2) is 53.5 Å². The minimum Gasteiger partial charge on any atom is -0.394 e. The van der Waals surface area contributed by atoms with Crippen LogP contribution in [-0.2, 0) is 11.3 Å². The fourth-order valence-corrected chi connectivity index (χ4v) is 8.63. The zero-order chi connectivity index (χ0) is 27.5. The Morgan fingerprint density at radius 1 is 1.05 bits per heavy atom. The lowest BCUT2D eigenvalue weighted by Crippen LogP contribution is -2.60. The van der Waals surface area contributed by atoms with Crippen LogP contribution in [0, 0.1) is 34.9 Å². The SMILES string of the molecule is OCCO[C@H]1CC[C@H](CN[C@@H]2[C@@H]3CC4C[C@H]2C[C@@](CNc2nc(NCc5ccccc5Cl)ncc2F)(C4)C3)CC1. The smallest absolute Gasteiger partial charge is 0.225 e. The van der Waals surface area contributed by atoms with Crippen LogP contribution < -0.4 is 16.0 Å². The molecule has 0 amide bonds. The van der Waals surface area contributed by atoms with Gasteiger partial charge in [0.2, 0.25) is 5.95 Å². The fourth-order valence-electron chi connectivity index (χ4n) is 8.43. The van der Waals surface area contributed by atoms with Gasteiger partial charge >= 0.3 is 0 Å². The van der Waals surface area contributed by atoms with Gasteiger partial charge in [-0.1, -0.05) is 29.8 Å². The summed E-state index contributed by atoms with van der Waals surface area (Å²) in [6.07, 6.45) is 12.5. The van der Waals surface area contributed by atoms with Crippen molar-refractivity contribution < 1.29 is 14.2 Å². The maximum absolute atomic E-state index is 14.7. The summed E-state index contributed by atoms with van der Waals surface area (Å²) in [7, 11) is 0. The predicted octanol–water partition coefficient (Wildman–Crippen LogP) is 5.65. The highest BCUT2D eigenvalue weighted by Crippen LogP contribution is 2.60. The van der Waals surface area contributed by atoms with Crippen LogP contribution in [0.25, 0.3) is 0 Å². The van der Waals surface area contributed by atoms with Crippen molar-refractivity contribution in [1.82, 2.24) is 15.3 Å². The van der Waals surface area contributed by atoms with Crippen LogP contribution in [0.5, 0.6) is 0 Å². The zero-order valence-corrected chi connectivity index (χ0v) is 24.0. The highest BCUT2D eigenvalue weighted by molar-refractivity contribution is 6.31. The number of nitrogens with one attached hydrogen (secondary N) is 3. The Morgan fingerprint density at radius 2 is 1.82 bits per heavy atom. The van der Waals surface area contributed by atoms with E-state index >= 15 is 0 Å². The molecule has 1 heterocycles. The van der Waals surface area contributed by atoms with E-state index in [-0.39, 0.29) is 17.8 Å². The summed E-state index contributed by atoms with van der Waals surface area (Å²) >= 11 is 6.27. The van der Waals surface area contributed by atoms with Gasteiger partial charge in [-0.2, -0.15) is 4.98 Å². The number of hydrogen-bond acceptors (Lipinski definition) is 7. The van der Waals surface area contributed by atoms with E-state index in [4.69, 9.17) is 21.4 Å². The average Bonchev–Trinajstić information content (AvgIpc) is 2.95. The van der Waals surface area contributed by atoms with Crippen molar-refractivity contribution in [2.75, 3.05) is 36.9 Å². The van der Waals surface area contributed by atoms with Gasteiger partial charge in [-0.3, -0.25) is 0 Å². The summed E-state index contributed by atoms with van der Waals surface area (Å²) in [5, 5.41) is 20.3. The number of halogens is 2. The predicted molar refractivity (Wildman–Crippen MR) is 156 cm³/mol. The van der Waals surface area contributed by atoms with Crippen molar-refractivity contribution in [2.45, 2.75) is 76.5 Å². The Hall–Kier alpha value is -2.00. The van der Waals surface area contributed by atoms with Crippen molar-refractivity contribution in [1.29, 1.82) is 0 Å². The van der Waals surface area contributed by atoms with Gasteiger partial charge in [-0.05, 0) is 105 Å². The van der Waals surface area contributed by atoms with Crippen molar-refractivity contribution in [2.24, 2.45) is 29.1 Å². The number of hydrogen-bond donors (Lipinski definition) is 4. The van der Waals surface area contributed by atoms with E-state index in [1.165, 1.54) is 51.1 Å². The first-order valence-electron chi connectivity index (χ1n) is 15.2. The molecule has 5 saturated carbocycles. The van der Waals surface area contributed by atoms with Gasteiger partial charge in [-0.25, -0.2) is 9.37 Å². The van der Waals surface area contributed by atoms with Crippen LogP contribution in [0.1, 0.15) is 63.4 Å². The number of aliphatic hydroxyl groups excluding tert-OH is 1. The molecule has 4 N–H and O–H groups in total. The second-order valence-electron chi connectivity index (χ2n) is 12.8. The first kappa shape index (κ1) is 28.1. The van der Waals surface area contributed by atoms with Crippen LogP contribution in [0.15, 0.2) is 30.5 Å². The standard InChI is InChI=1S/C31H43ClFN5O2/c32-26-4-2-1-3-22(26)17-35-30-36-18-27(33)29(38-30)37-19-31-13-21-11-23(14-31)28(24(12-21)15-31)34-16-20-5-7-25(8-6-20)40-10-9-39/h1-4,18,20-21,23-25,28,34,39H,5-17,19H2,(H2,35,36,37,38)/t20-,21?,23-,24+,25-,28-,31-. The minimum absolute atomic E-state index is 0.112. The number of nitrogens with zero attached hydrogens (tertiary/aromatic N) is 2. The third kappa shape index (κ3) is 6.40. The quantitative estimate of drug-likeness (QED) is 0.262. The number of aromatic nitrogens is 2. The van der Waals surface area contributed by atoms with Crippen molar-refractivity contribution >= 4 is 23.4 Å². The molecule has 1 aromatic heterocycles. The lowest BCUT2D eigenvalue weighted by atomic mass is 9.48. The molecule has 1 aromatic carbocycles. The van der Waals surface area contributed by atoms with Crippen molar-refractivity contribution in [3.05, 3.63) is 46.9 Å². The second-order valence-corrected chi connectivity index (χ2v) is 13.2. The van der Waals surface area contributed by atoms with Crippen molar-refractivity contribution in [3.8, 4) is 0 Å². The van der Waals surface area contributed by atoms with Crippen LogP contribution in [0.3, 0.4) is 0 Å². The van der Waals surface area contributed by atoms with E-state index in [1.807, 2.05) is 24.3 Å². The van der Waals surface area contributed by atoms with Gasteiger partial charge in [0, 0.05) is 24.2 Å². The van der Waals surface area contributed by atoms with Crippen molar-refractivity contribution in [3.63, 3.8) is 0 Å². The van der Waals surface area contributed by atoms with E-state index in [0.717, 1.165) is 43.3 Å². The highest BCUT2D eigenvalue weighted by atomic mass is 35.5. The Balaban J connectivity index is 1.02. The van der Waals surface area contributed by atoms with E-state index < -0.39 is 5.82 Å². The maximum Gasteiger partial charge on any atom is 0.225 e. The highest BCUT2D eigenvalue weighted by Gasteiger charge is 2.55. The summed E-state index contributed by atoms with van der Waals surface area (Å²) in [5.41, 5.74) is 1.17. The number of ether oxygens (including phenoxy) is 1. The first-order valence-corrected chi connectivity index (χ1v) is 15.6.